The van der Waals surface area contributed by atoms with Crippen LogP contribution in [0.2, 0.25) is 0 Å². The van der Waals surface area contributed by atoms with E-state index in [1.165, 1.54) is 0 Å². The van der Waals surface area contributed by atoms with E-state index in [-0.39, 0.29) is 4.91 Å². The quantitative estimate of drug-likeness (QED) is 0.301. The Bertz CT molecular complexity index is 300. The standard InChI is InChI=1S/C6H4O4S/c7-5-2-1-4(11(9)10)3-6(5)8/h1-3H,(H,9,10)/p-1. The molecule has 1 aliphatic carbocycles. The number of allylic oxidation sites excluding steroid dienone is 3. The Labute approximate surface area is 64.9 Å². The van der Waals surface area contributed by atoms with Crippen LogP contribution >= 0.6 is 0 Å². The molecule has 0 saturated carbocycles. The molecule has 0 radical (unpaired) electrons. The van der Waals surface area contributed by atoms with Crippen LogP contribution in [0.3, 0.4) is 0 Å². The number of ketones is 2. The molecule has 1 aliphatic rings. The molecule has 0 aromatic carbocycles. The van der Waals surface area contributed by atoms with Crippen molar-refractivity contribution >= 4 is 22.6 Å². The first-order valence-corrected chi connectivity index (χ1v) is 3.76. The minimum atomic E-state index is -2.44. The predicted octanol–water partition coefficient (Wildman–Crippen LogP) is -0.543. The van der Waals surface area contributed by atoms with Crippen LogP contribution in [0, 0.1) is 0 Å². The zero-order valence-corrected chi connectivity index (χ0v) is 6.09. The SMILES string of the molecule is O=C1C=CC(S(=O)[O-])=CC1=O. The lowest BCUT2D eigenvalue weighted by Crippen LogP contribution is -2.12. The van der Waals surface area contributed by atoms with Crippen LogP contribution in [0.1, 0.15) is 0 Å². The van der Waals surface area contributed by atoms with Gasteiger partial charge in [-0.3, -0.25) is 13.8 Å². The summed E-state index contributed by atoms with van der Waals surface area (Å²) >= 11 is -2.44. The molecule has 0 aliphatic heterocycles. The maximum absolute atomic E-state index is 10.6. The van der Waals surface area contributed by atoms with Crippen molar-refractivity contribution in [3.63, 3.8) is 0 Å². The first kappa shape index (κ1) is 8.03. The van der Waals surface area contributed by atoms with Crippen LogP contribution in [0.25, 0.3) is 0 Å². The van der Waals surface area contributed by atoms with Crippen LogP contribution in [0.15, 0.2) is 23.1 Å². The van der Waals surface area contributed by atoms with E-state index in [4.69, 9.17) is 0 Å². The van der Waals surface area contributed by atoms with Crippen molar-refractivity contribution < 1.29 is 18.4 Å². The fourth-order valence-corrected chi connectivity index (χ4v) is 0.974. The van der Waals surface area contributed by atoms with Crippen molar-refractivity contribution in [2.24, 2.45) is 0 Å². The molecule has 5 heteroatoms. The van der Waals surface area contributed by atoms with E-state index in [9.17, 15) is 18.4 Å². The summed E-state index contributed by atoms with van der Waals surface area (Å²) in [5, 5.41) is 0. The summed E-state index contributed by atoms with van der Waals surface area (Å²) in [5.74, 6) is -1.49. The zero-order chi connectivity index (χ0) is 8.43. The molecule has 0 aromatic heterocycles. The van der Waals surface area contributed by atoms with Gasteiger partial charge in [-0.25, -0.2) is 0 Å². The van der Waals surface area contributed by atoms with Gasteiger partial charge in [0.2, 0.25) is 11.6 Å². The van der Waals surface area contributed by atoms with Gasteiger partial charge >= 0.3 is 0 Å². The Morgan fingerprint density at radius 2 is 1.82 bits per heavy atom. The molecule has 4 nitrogen and oxygen atoms in total. The number of hydrogen-bond acceptors (Lipinski definition) is 4. The summed E-state index contributed by atoms with van der Waals surface area (Å²) in [6.07, 6.45) is 2.83. The van der Waals surface area contributed by atoms with Gasteiger partial charge in [0.15, 0.2) is 0 Å². The molecule has 11 heavy (non-hydrogen) atoms. The third kappa shape index (κ3) is 1.69. The highest BCUT2D eigenvalue weighted by atomic mass is 32.2. The smallest absolute Gasteiger partial charge is 0.226 e. The van der Waals surface area contributed by atoms with Gasteiger partial charge in [-0.1, -0.05) is 0 Å². The Morgan fingerprint density at radius 1 is 1.18 bits per heavy atom. The third-order valence-corrected chi connectivity index (χ3v) is 1.75. The van der Waals surface area contributed by atoms with Crippen LogP contribution in [0.5, 0.6) is 0 Å². The van der Waals surface area contributed by atoms with E-state index in [0.717, 1.165) is 18.2 Å². The number of rotatable bonds is 1. The maximum atomic E-state index is 10.6. The highest BCUT2D eigenvalue weighted by molar-refractivity contribution is 7.83. The highest BCUT2D eigenvalue weighted by Crippen LogP contribution is 2.06. The van der Waals surface area contributed by atoms with E-state index >= 15 is 0 Å². The summed E-state index contributed by atoms with van der Waals surface area (Å²) in [5.41, 5.74) is 0. The Balaban J connectivity index is 2.98. The average Bonchev–Trinajstić information content (AvgIpc) is 1.94. The second kappa shape index (κ2) is 2.89. The zero-order valence-electron chi connectivity index (χ0n) is 5.27. The number of carbonyl (C=O) groups is 2. The molecule has 0 bridgehead atoms. The Morgan fingerprint density at radius 3 is 2.27 bits per heavy atom. The number of carbonyl (C=O) groups excluding carboxylic acids is 2. The van der Waals surface area contributed by atoms with Gasteiger partial charge in [-0.05, 0) is 23.2 Å². The van der Waals surface area contributed by atoms with E-state index in [2.05, 4.69) is 0 Å². The van der Waals surface area contributed by atoms with Crippen molar-refractivity contribution in [1.82, 2.24) is 0 Å². The normalized spacial score (nSPS) is 19.9. The van der Waals surface area contributed by atoms with Gasteiger partial charge in [0, 0.05) is 11.0 Å². The fraction of sp³-hybridized carbons (Fsp3) is 0. The maximum Gasteiger partial charge on any atom is 0.226 e. The predicted molar refractivity (Wildman–Crippen MR) is 36.2 cm³/mol. The minimum absolute atomic E-state index is 0.158. The lowest BCUT2D eigenvalue weighted by molar-refractivity contribution is -0.131. The first-order valence-electron chi connectivity index (χ1n) is 2.68. The Kier molecular flexibility index (Phi) is 2.11. The van der Waals surface area contributed by atoms with Gasteiger partial charge in [-0.15, -0.1) is 0 Å². The average molecular weight is 171 g/mol. The van der Waals surface area contributed by atoms with Crippen LogP contribution < -0.4 is 0 Å². The highest BCUT2D eigenvalue weighted by Gasteiger charge is 2.12. The van der Waals surface area contributed by atoms with E-state index in [1.807, 2.05) is 0 Å². The molecule has 58 valence electrons. The van der Waals surface area contributed by atoms with Crippen LogP contribution in [0.4, 0.5) is 0 Å². The lowest BCUT2D eigenvalue weighted by Gasteiger charge is -2.07. The summed E-state index contributed by atoms with van der Waals surface area (Å²) in [4.78, 5) is 20.9. The van der Waals surface area contributed by atoms with E-state index in [1.54, 1.807) is 0 Å². The molecular weight excluding hydrogens is 168 g/mol. The van der Waals surface area contributed by atoms with E-state index in [0.29, 0.717) is 0 Å². The summed E-state index contributed by atoms with van der Waals surface area (Å²) in [6, 6.07) is 0. The fourth-order valence-electron chi connectivity index (χ4n) is 0.592. The molecule has 1 unspecified atom stereocenters. The molecule has 0 fully saturated rings. The Hall–Kier alpha value is -1.07. The van der Waals surface area contributed by atoms with Crippen molar-refractivity contribution in [3.05, 3.63) is 23.1 Å². The molecule has 0 amide bonds. The molecule has 0 spiro atoms. The molecule has 0 saturated heterocycles. The van der Waals surface area contributed by atoms with Gasteiger partial charge in [0.1, 0.15) is 0 Å². The lowest BCUT2D eigenvalue weighted by atomic mass is 10.1. The van der Waals surface area contributed by atoms with Crippen molar-refractivity contribution in [2.45, 2.75) is 0 Å². The first-order chi connectivity index (χ1) is 5.11. The molecule has 0 N–H and O–H groups in total. The molecule has 0 heterocycles. The molecule has 1 rings (SSSR count). The topological polar surface area (TPSA) is 74.3 Å². The van der Waals surface area contributed by atoms with Crippen LogP contribution in [-0.4, -0.2) is 20.3 Å². The largest absolute Gasteiger partial charge is 0.768 e. The van der Waals surface area contributed by atoms with Crippen molar-refractivity contribution in [3.8, 4) is 0 Å². The minimum Gasteiger partial charge on any atom is -0.768 e. The van der Waals surface area contributed by atoms with Crippen molar-refractivity contribution in [2.75, 3.05) is 0 Å². The van der Waals surface area contributed by atoms with Gasteiger partial charge in [0.05, 0.1) is 0 Å². The summed E-state index contributed by atoms with van der Waals surface area (Å²) in [6.45, 7) is 0. The van der Waals surface area contributed by atoms with E-state index < -0.39 is 22.6 Å². The summed E-state index contributed by atoms with van der Waals surface area (Å²) < 4.78 is 20.4. The van der Waals surface area contributed by atoms with Gasteiger partial charge < -0.3 is 4.55 Å². The van der Waals surface area contributed by atoms with Gasteiger partial charge in [0.25, 0.3) is 0 Å². The third-order valence-electron chi connectivity index (χ3n) is 1.11. The molecule has 1 atom stereocenters. The molecule has 0 aromatic rings. The summed E-state index contributed by atoms with van der Waals surface area (Å²) in [7, 11) is 0. The molecular formula is C6H3O4S-. The van der Waals surface area contributed by atoms with Crippen molar-refractivity contribution in [1.29, 1.82) is 0 Å². The number of hydrogen-bond donors (Lipinski definition) is 0. The monoisotopic (exact) mass is 171 g/mol. The second-order valence-electron chi connectivity index (χ2n) is 1.84. The van der Waals surface area contributed by atoms with Crippen LogP contribution in [-0.2, 0) is 20.7 Å². The second-order valence-corrected chi connectivity index (χ2v) is 2.78. The van der Waals surface area contributed by atoms with Gasteiger partial charge in [-0.2, -0.15) is 0 Å².